The summed E-state index contributed by atoms with van der Waals surface area (Å²) in [6, 6.07) is 0. The summed E-state index contributed by atoms with van der Waals surface area (Å²) in [6.07, 6.45) is 1.64. The molecule has 0 atom stereocenters. The van der Waals surface area contributed by atoms with E-state index in [1.807, 2.05) is 20.9 Å². The van der Waals surface area contributed by atoms with Gasteiger partial charge in [-0.3, -0.25) is 9.48 Å². The molecule has 5 heteroatoms. The Hall–Kier alpha value is -1.36. The number of amides is 1. The molecule has 19 heavy (non-hydrogen) atoms. The van der Waals surface area contributed by atoms with Crippen molar-refractivity contribution in [1.82, 2.24) is 15.1 Å². The highest BCUT2D eigenvalue weighted by Crippen LogP contribution is 2.21. The molecule has 0 aliphatic carbocycles. The van der Waals surface area contributed by atoms with Crippen molar-refractivity contribution < 1.29 is 9.90 Å². The third kappa shape index (κ3) is 4.06. The quantitative estimate of drug-likeness (QED) is 0.822. The highest BCUT2D eigenvalue weighted by molar-refractivity contribution is 5.96. The molecule has 1 heterocycles. The van der Waals surface area contributed by atoms with Crippen LogP contribution in [0.25, 0.3) is 0 Å². The van der Waals surface area contributed by atoms with E-state index in [0.29, 0.717) is 12.1 Å². The second-order valence-electron chi connectivity index (χ2n) is 5.84. The van der Waals surface area contributed by atoms with E-state index < -0.39 is 0 Å². The number of aliphatic hydroxyl groups is 1. The number of aromatic nitrogens is 2. The van der Waals surface area contributed by atoms with Crippen LogP contribution in [0.15, 0.2) is 0 Å². The van der Waals surface area contributed by atoms with E-state index >= 15 is 0 Å². The van der Waals surface area contributed by atoms with Gasteiger partial charge in [-0.1, -0.05) is 13.8 Å². The van der Waals surface area contributed by atoms with Gasteiger partial charge < -0.3 is 10.4 Å². The normalized spacial score (nSPS) is 11.7. The van der Waals surface area contributed by atoms with Crippen LogP contribution in [0.5, 0.6) is 0 Å². The Morgan fingerprint density at radius 1 is 1.42 bits per heavy atom. The average Bonchev–Trinajstić information content (AvgIpc) is 2.58. The Balaban J connectivity index is 2.65. The van der Waals surface area contributed by atoms with E-state index in [1.165, 1.54) is 0 Å². The zero-order valence-electron chi connectivity index (χ0n) is 12.6. The molecule has 0 aliphatic rings. The number of hydrogen-bond donors (Lipinski definition) is 2. The Morgan fingerprint density at radius 2 is 2.05 bits per heavy atom. The third-order valence-corrected chi connectivity index (χ3v) is 3.48. The Labute approximate surface area is 115 Å². The second-order valence-corrected chi connectivity index (χ2v) is 5.84. The van der Waals surface area contributed by atoms with Gasteiger partial charge >= 0.3 is 0 Å². The van der Waals surface area contributed by atoms with Gasteiger partial charge in [0.2, 0.25) is 0 Å². The second kappa shape index (κ2) is 6.19. The fourth-order valence-electron chi connectivity index (χ4n) is 2.16. The van der Waals surface area contributed by atoms with Gasteiger partial charge in [0.1, 0.15) is 0 Å². The van der Waals surface area contributed by atoms with Gasteiger partial charge in [0, 0.05) is 25.9 Å². The predicted molar refractivity (Wildman–Crippen MR) is 75.1 cm³/mol. The number of nitrogens with one attached hydrogen (secondary N) is 1. The molecule has 1 rings (SSSR count). The van der Waals surface area contributed by atoms with Crippen molar-refractivity contribution >= 4 is 5.91 Å². The lowest BCUT2D eigenvalue weighted by Crippen LogP contribution is -2.34. The molecule has 108 valence electrons. The van der Waals surface area contributed by atoms with Crippen LogP contribution in [-0.2, 0) is 7.05 Å². The fraction of sp³-hybridized carbons (Fsp3) is 0.714. The highest BCUT2D eigenvalue weighted by atomic mass is 16.2. The van der Waals surface area contributed by atoms with E-state index in [2.05, 4.69) is 24.3 Å². The van der Waals surface area contributed by atoms with Gasteiger partial charge in [0.05, 0.1) is 11.3 Å². The minimum absolute atomic E-state index is 0.0115. The highest BCUT2D eigenvalue weighted by Gasteiger charge is 2.21. The summed E-state index contributed by atoms with van der Waals surface area (Å²) in [6.45, 7) is 8.71. The van der Waals surface area contributed by atoms with E-state index in [4.69, 9.17) is 5.11 Å². The van der Waals surface area contributed by atoms with Gasteiger partial charge in [-0.25, -0.2) is 0 Å². The SMILES string of the molecule is Cc1nn(C)c(C)c1C(=O)NCC(C)(C)CCCO. The molecular formula is C14H25N3O2. The Kier molecular flexibility index (Phi) is 5.11. The molecule has 1 amide bonds. The standard InChI is InChI=1S/C14H25N3O2/c1-10-12(11(2)17(5)16-10)13(19)15-9-14(3,4)7-6-8-18/h18H,6-9H2,1-5H3,(H,15,19). The van der Waals surface area contributed by atoms with Gasteiger partial charge in [-0.2, -0.15) is 5.10 Å². The summed E-state index contributed by atoms with van der Waals surface area (Å²) in [5.74, 6) is -0.0693. The molecule has 2 N–H and O–H groups in total. The van der Waals surface area contributed by atoms with Crippen molar-refractivity contribution in [2.75, 3.05) is 13.2 Å². The van der Waals surface area contributed by atoms with E-state index in [9.17, 15) is 4.79 Å². The molecule has 0 fully saturated rings. The van der Waals surface area contributed by atoms with Gasteiger partial charge in [-0.15, -0.1) is 0 Å². The maximum absolute atomic E-state index is 12.2. The van der Waals surface area contributed by atoms with Crippen molar-refractivity contribution in [3.63, 3.8) is 0 Å². The first kappa shape index (κ1) is 15.7. The number of aryl methyl sites for hydroxylation is 2. The topological polar surface area (TPSA) is 67.2 Å². The maximum atomic E-state index is 12.2. The average molecular weight is 267 g/mol. The van der Waals surface area contributed by atoms with Crippen LogP contribution in [0, 0.1) is 19.3 Å². The molecule has 0 aromatic carbocycles. The summed E-state index contributed by atoms with van der Waals surface area (Å²) in [5, 5.41) is 16.1. The molecule has 0 radical (unpaired) electrons. The summed E-state index contributed by atoms with van der Waals surface area (Å²) in [5.41, 5.74) is 2.29. The molecule has 0 aliphatic heterocycles. The zero-order chi connectivity index (χ0) is 14.6. The van der Waals surface area contributed by atoms with Crippen LogP contribution in [0.1, 0.15) is 48.4 Å². The zero-order valence-corrected chi connectivity index (χ0v) is 12.6. The lowest BCUT2D eigenvalue weighted by Gasteiger charge is -2.24. The van der Waals surface area contributed by atoms with Crippen molar-refractivity contribution in [1.29, 1.82) is 0 Å². The Morgan fingerprint density at radius 3 is 2.53 bits per heavy atom. The molecule has 0 bridgehead atoms. The van der Waals surface area contributed by atoms with Gasteiger partial charge in [-0.05, 0) is 32.1 Å². The number of aliphatic hydroxyl groups excluding tert-OH is 1. The smallest absolute Gasteiger partial charge is 0.255 e. The number of carbonyl (C=O) groups is 1. The minimum atomic E-state index is -0.0693. The van der Waals surface area contributed by atoms with Crippen LogP contribution in [0.3, 0.4) is 0 Å². The predicted octanol–water partition coefficient (Wildman–Crippen LogP) is 1.57. The van der Waals surface area contributed by atoms with Crippen molar-refractivity contribution in [2.45, 2.75) is 40.5 Å². The minimum Gasteiger partial charge on any atom is -0.396 e. The van der Waals surface area contributed by atoms with Gasteiger partial charge in [0.25, 0.3) is 5.91 Å². The molecular weight excluding hydrogens is 242 g/mol. The molecule has 0 saturated heterocycles. The van der Waals surface area contributed by atoms with E-state index in [-0.39, 0.29) is 17.9 Å². The summed E-state index contributed by atoms with van der Waals surface area (Å²) in [7, 11) is 1.84. The lowest BCUT2D eigenvalue weighted by atomic mass is 9.88. The lowest BCUT2D eigenvalue weighted by molar-refractivity contribution is 0.0931. The van der Waals surface area contributed by atoms with Gasteiger partial charge in [0.15, 0.2) is 0 Å². The van der Waals surface area contributed by atoms with Crippen LogP contribution in [0.2, 0.25) is 0 Å². The van der Waals surface area contributed by atoms with E-state index in [0.717, 1.165) is 24.2 Å². The fourth-order valence-corrected chi connectivity index (χ4v) is 2.16. The molecule has 5 nitrogen and oxygen atoms in total. The largest absolute Gasteiger partial charge is 0.396 e. The monoisotopic (exact) mass is 267 g/mol. The van der Waals surface area contributed by atoms with Crippen LogP contribution < -0.4 is 5.32 Å². The summed E-state index contributed by atoms with van der Waals surface area (Å²) < 4.78 is 1.72. The third-order valence-electron chi connectivity index (χ3n) is 3.48. The van der Waals surface area contributed by atoms with Crippen LogP contribution in [0.4, 0.5) is 0 Å². The van der Waals surface area contributed by atoms with Crippen LogP contribution in [-0.4, -0.2) is 33.9 Å². The Bertz CT molecular complexity index is 450. The maximum Gasteiger partial charge on any atom is 0.255 e. The first-order valence-corrected chi connectivity index (χ1v) is 6.68. The molecule has 0 unspecified atom stereocenters. The molecule has 0 spiro atoms. The van der Waals surface area contributed by atoms with Crippen molar-refractivity contribution in [3.05, 3.63) is 17.0 Å². The summed E-state index contributed by atoms with van der Waals surface area (Å²) >= 11 is 0. The summed E-state index contributed by atoms with van der Waals surface area (Å²) in [4.78, 5) is 12.2. The van der Waals surface area contributed by atoms with Crippen LogP contribution >= 0.6 is 0 Å². The number of rotatable bonds is 6. The first-order valence-electron chi connectivity index (χ1n) is 6.68. The van der Waals surface area contributed by atoms with Crippen molar-refractivity contribution in [2.24, 2.45) is 12.5 Å². The first-order chi connectivity index (χ1) is 8.78. The molecule has 1 aromatic rings. The van der Waals surface area contributed by atoms with Crippen molar-refractivity contribution in [3.8, 4) is 0 Å². The molecule has 1 aromatic heterocycles. The van der Waals surface area contributed by atoms with E-state index in [1.54, 1.807) is 4.68 Å². The number of nitrogens with zero attached hydrogens (tertiary/aromatic N) is 2. The number of hydrogen-bond acceptors (Lipinski definition) is 3. The number of carbonyl (C=O) groups excluding carboxylic acids is 1. The molecule has 0 saturated carbocycles.